The summed E-state index contributed by atoms with van der Waals surface area (Å²) in [6, 6.07) is 10.9. The molecule has 1 aliphatic rings. The van der Waals surface area contributed by atoms with E-state index < -0.39 is 5.91 Å². The van der Waals surface area contributed by atoms with Crippen LogP contribution in [0.3, 0.4) is 0 Å². The maximum Gasteiger partial charge on any atom is 0.254 e. The van der Waals surface area contributed by atoms with Gasteiger partial charge in [-0.05, 0) is 54.9 Å². The topological polar surface area (TPSA) is 134 Å². The molecule has 0 radical (unpaired) electrons. The number of aromatic nitrogens is 2. The maximum absolute atomic E-state index is 12.0. The van der Waals surface area contributed by atoms with Gasteiger partial charge < -0.3 is 31.3 Å². The number of anilines is 4. The van der Waals surface area contributed by atoms with Crippen molar-refractivity contribution >= 4 is 35.0 Å². The van der Waals surface area contributed by atoms with E-state index in [0.29, 0.717) is 17.0 Å². The highest BCUT2D eigenvalue weighted by atomic mass is 16.5. The summed E-state index contributed by atoms with van der Waals surface area (Å²) >= 11 is 0. The number of carbonyl (C=O) groups excluding carboxylic acids is 2. The van der Waals surface area contributed by atoms with Gasteiger partial charge in [-0.3, -0.25) is 9.59 Å². The molecule has 2 amide bonds. The number of methoxy groups -OCH3 is 1. The lowest BCUT2D eigenvalue weighted by Crippen LogP contribution is -2.26. The van der Waals surface area contributed by atoms with Crippen molar-refractivity contribution in [3.63, 3.8) is 0 Å². The molecule has 2 heterocycles. The summed E-state index contributed by atoms with van der Waals surface area (Å²) in [5, 5.41) is 8.85. The van der Waals surface area contributed by atoms with E-state index in [4.69, 9.17) is 10.5 Å². The van der Waals surface area contributed by atoms with Crippen LogP contribution in [0, 0.1) is 0 Å². The van der Waals surface area contributed by atoms with Crippen LogP contribution in [0.2, 0.25) is 0 Å². The molecular formula is C24H27N7O3. The lowest BCUT2D eigenvalue weighted by Gasteiger charge is -2.26. The fourth-order valence-corrected chi connectivity index (χ4v) is 3.85. The van der Waals surface area contributed by atoms with Crippen molar-refractivity contribution in [1.82, 2.24) is 20.2 Å². The van der Waals surface area contributed by atoms with Gasteiger partial charge in [0.2, 0.25) is 5.95 Å². The fourth-order valence-electron chi connectivity index (χ4n) is 3.85. The Morgan fingerprint density at radius 3 is 2.71 bits per heavy atom. The van der Waals surface area contributed by atoms with Crippen LogP contribution in [0.15, 0.2) is 42.6 Å². The monoisotopic (exact) mass is 461 g/mol. The van der Waals surface area contributed by atoms with Crippen molar-refractivity contribution in [2.45, 2.75) is 13.0 Å². The quantitative estimate of drug-likeness (QED) is 0.421. The van der Waals surface area contributed by atoms with Gasteiger partial charge in [-0.1, -0.05) is 6.07 Å². The van der Waals surface area contributed by atoms with Crippen molar-refractivity contribution < 1.29 is 14.3 Å². The number of primary amides is 1. The van der Waals surface area contributed by atoms with Gasteiger partial charge in [0.25, 0.3) is 11.8 Å². The molecule has 5 N–H and O–H groups in total. The summed E-state index contributed by atoms with van der Waals surface area (Å²) in [7, 11) is 5.26. The minimum Gasteiger partial charge on any atom is -0.495 e. The number of nitrogens with two attached hydrogens (primary N) is 1. The molecule has 0 bridgehead atoms. The van der Waals surface area contributed by atoms with E-state index in [1.165, 1.54) is 17.3 Å². The number of benzene rings is 2. The number of ether oxygens (including phenoxy) is 1. The van der Waals surface area contributed by atoms with Gasteiger partial charge in [0.15, 0.2) is 0 Å². The first kappa shape index (κ1) is 23.0. The number of nitrogens with zero attached hydrogens (tertiary/aromatic N) is 3. The molecule has 2 aromatic carbocycles. The molecule has 10 nitrogen and oxygen atoms in total. The van der Waals surface area contributed by atoms with Gasteiger partial charge in [0.1, 0.15) is 17.1 Å². The van der Waals surface area contributed by atoms with E-state index in [0.717, 1.165) is 25.2 Å². The average Bonchev–Trinajstić information content (AvgIpc) is 2.83. The molecule has 0 saturated heterocycles. The van der Waals surface area contributed by atoms with Crippen LogP contribution in [0.25, 0.3) is 0 Å². The smallest absolute Gasteiger partial charge is 0.254 e. The van der Waals surface area contributed by atoms with Crippen molar-refractivity contribution in [2.24, 2.45) is 5.73 Å². The van der Waals surface area contributed by atoms with E-state index in [-0.39, 0.29) is 23.2 Å². The molecular weight excluding hydrogens is 434 g/mol. The zero-order valence-corrected chi connectivity index (χ0v) is 19.3. The molecule has 0 aliphatic carbocycles. The molecule has 3 aromatic rings. The van der Waals surface area contributed by atoms with Crippen molar-refractivity contribution in [2.75, 3.05) is 38.4 Å². The Bertz CT molecular complexity index is 1250. The number of amides is 2. The van der Waals surface area contributed by atoms with E-state index in [2.05, 4.69) is 37.9 Å². The van der Waals surface area contributed by atoms with E-state index in [1.807, 2.05) is 12.1 Å². The third kappa shape index (κ3) is 4.91. The number of hydrogen-bond donors (Lipinski definition) is 4. The third-order valence-corrected chi connectivity index (χ3v) is 5.64. The maximum atomic E-state index is 12.0. The summed E-state index contributed by atoms with van der Waals surface area (Å²) in [5.74, 6) is 0.256. The third-order valence-electron chi connectivity index (χ3n) is 5.64. The summed E-state index contributed by atoms with van der Waals surface area (Å²) in [6.45, 7) is 1.83. The number of nitrogens with one attached hydrogen (secondary N) is 3. The molecule has 0 spiro atoms. The number of hydrogen-bond acceptors (Lipinski definition) is 8. The van der Waals surface area contributed by atoms with Gasteiger partial charge in [0.05, 0.1) is 12.8 Å². The number of carbonyl (C=O) groups is 2. The highest BCUT2D eigenvalue weighted by Gasteiger charge is 2.19. The molecule has 34 heavy (non-hydrogen) atoms. The average molecular weight is 462 g/mol. The second kappa shape index (κ2) is 9.75. The lowest BCUT2D eigenvalue weighted by atomic mass is 9.99. The lowest BCUT2D eigenvalue weighted by molar-refractivity contribution is 0.0961. The summed E-state index contributed by atoms with van der Waals surface area (Å²) in [6.07, 6.45) is 2.32. The fraction of sp³-hybridized carbons (Fsp3) is 0.250. The van der Waals surface area contributed by atoms with Gasteiger partial charge in [0, 0.05) is 37.6 Å². The number of fused-ring (bicyclic) bond motifs is 1. The summed E-state index contributed by atoms with van der Waals surface area (Å²) in [4.78, 5) is 35.0. The highest BCUT2D eigenvalue weighted by Crippen LogP contribution is 2.33. The molecule has 4 rings (SSSR count). The molecule has 0 saturated carbocycles. The largest absolute Gasteiger partial charge is 0.495 e. The van der Waals surface area contributed by atoms with E-state index in [1.54, 1.807) is 38.4 Å². The van der Waals surface area contributed by atoms with Crippen LogP contribution in [0.5, 0.6) is 5.75 Å². The number of likely N-dealkylation sites (N-methyl/N-ethyl adjacent to an activating group) is 1. The molecule has 176 valence electrons. The molecule has 0 unspecified atom stereocenters. The van der Waals surface area contributed by atoms with Crippen LogP contribution in [0.4, 0.5) is 23.1 Å². The second-order valence-corrected chi connectivity index (χ2v) is 8.04. The van der Waals surface area contributed by atoms with Crippen LogP contribution >= 0.6 is 0 Å². The minimum atomic E-state index is -0.675. The predicted octanol–water partition coefficient (Wildman–Crippen LogP) is 2.42. The van der Waals surface area contributed by atoms with Crippen LogP contribution in [-0.4, -0.2) is 54.4 Å². The summed E-state index contributed by atoms with van der Waals surface area (Å²) < 4.78 is 5.59. The zero-order valence-electron chi connectivity index (χ0n) is 19.3. The highest BCUT2D eigenvalue weighted by molar-refractivity contribution is 5.99. The van der Waals surface area contributed by atoms with Crippen LogP contribution in [0.1, 0.15) is 31.8 Å². The van der Waals surface area contributed by atoms with Crippen molar-refractivity contribution in [3.8, 4) is 5.75 Å². The van der Waals surface area contributed by atoms with Crippen molar-refractivity contribution in [1.29, 1.82) is 0 Å². The van der Waals surface area contributed by atoms with E-state index in [9.17, 15) is 9.59 Å². The Labute approximate surface area is 197 Å². The normalized spacial score (nSPS) is 13.0. The second-order valence-electron chi connectivity index (χ2n) is 8.04. The van der Waals surface area contributed by atoms with Gasteiger partial charge in [-0.15, -0.1) is 0 Å². The first-order valence-electron chi connectivity index (χ1n) is 10.8. The first-order valence-corrected chi connectivity index (χ1v) is 10.8. The van der Waals surface area contributed by atoms with Gasteiger partial charge in [-0.2, -0.15) is 4.98 Å². The van der Waals surface area contributed by atoms with Crippen molar-refractivity contribution in [3.05, 3.63) is 64.8 Å². The molecule has 0 fully saturated rings. The minimum absolute atomic E-state index is 0.120. The first-order chi connectivity index (χ1) is 16.4. The Morgan fingerprint density at radius 1 is 1.15 bits per heavy atom. The SMILES string of the molecule is CNC(=O)c1cccc(Nc2nc(Nc3cc4c(cc3OC)CCN(C)C4)ncc2C(N)=O)c1. The molecule has 0 atom stereocenters. The Hall–Kier alpha value is -4.18. The Balaban J connectivity index is 1.66. The van der Waals surface area contributed by atoms with Crippen LogP contribution in [-0.2, 0) is 13.0 Å². The molecule has 10 heteroatoms. The summed E-state index contributed by atoms with van der Waals surface area (Å²) in [5.41, 5.74) is 9.87. The van der Waals surface area contributed by atoms with Gasteiger partial charge in [-0.25, -0.2) is 4.98 Å². The van der Waals surface area contributed by atoms with Gasteiger partial charge >= 0.3 is 0 Å². The molecule has 1 aromatic heterocycles. The van der Waals surface area contributed by atoms with E-state index >= 15 is 0 Å². The number of rotatable bonds is 7. The predicted molar refractivity (Wildman–Crippen MR) is 130 cm³/mol. The van der Waals surface area contributed by atoms with Crippen LogP contribution < -0.4 is 26.4 Å². The Morgan fingerprint density at radius 2 is 1.97 bits per heavy atom. The zero-order chi connectivity index (χ0) is 24.2. The molecule has 1 aliphatic heterocycles. The Kier molecular flexibility index (Phi) is 6.60. The standard InChI is InChI=1S/C24H27N7O3/c1-26-23(33)15-5-4-6-17(9-15)28-22-18(21(25)32)12-27-24(30-22)29-19-10-16-13-31(2)8-7-14(16)11-20(19)34-3/h4-6,9-12H,7-8,13H2,1-3H3,(H2,25,32)(H,26,33)(H2,27,28,29,30).